The number of hydrogen-bond acceptors (Lipinski definition) is 2. The maximum atomic E-state index is 10.2. The summed E-state index contributed by atoms with van der Waals surface area (Å²) < 4.78 is 0. The van der Waals surface area contributed by atoms with Gasteiger partial charge in [0.15, 0.2) is 0 Å². The van der Waals surface area contributed by atoms with E-state index in [9.17, 15) is 10.2 Å². The van der Waals surface area contributed by atoms with Gasteiger partial charge in [-0.05, 0) is 62.7 Å². The molecule has 3 aromatic carbocycles. The summed E-state index contributed by atoms with van der Waals surface area (Å²) >= 11 is 0. The summed E-state index contributed by atoms with van der Waals surface area (Å²) in [6, 6.07) is 12.8. The predicted molar refractivity (Wildman–Crippen MR) is 88.9 cm³/mol. The Kier molecular flexibility index (Phi) is 2.36. The van der Waals surface area contributed by atoms with Crippen molar-refractivity contribution in [2.75, 3.05) is 0 Å². The largest absolute Gasteiger partial charge is 0.386 e. The first-order chi connectivity index (χ1) is 10.7. The maximum absolute atomic E-state index is 10.2. The number of benzene rings is 3. The van der Waals surface area contributed by atoms with Crippen LogP contribution in [-0.2, 0) is 12.8 Å². The molecule has 2 heteroatoms. The van der Waals surface area contributed by atoms with Gasteiger partial charge in [-0.15, -0.1) is 0 Å². The highest BCUT2D eigenvalue weighted by Crippen LogP contribution is 2.40. The number of fused-ring (bicyclic) bond motifs is 4. The minimum atomic E-state index is -0.833. The van der Waals surface area contributed by atoms with Gasteiger partial charge in [-0.1, -0.05) is 42.5 Å². The Morgan fingerprint density at radius 2 is 1.86 bits per heavy atom. The lowest BCUT2D eigenvalue weighted by atomic mass is 9.86. The summed E-state index contributed by atoms with van der Waals surface area (Å²) in [5, 5.41) is 25.2. The van der Waals surface area contributed by atoms with Crippen LogP contribution in [0.25, 0.3) is 27.6 Å². The number of rotatable bonds is 0. The van der Waals surface area contributed by atoms with E-state index < -0.39 is 12.2 Å². The van der Waals surface area contributed by atoms with E-state index in [0.29, 0.717) is 0 Å². The molecule has 0 fully saturated rings. The van der Waals surface area contributed by atoms with Crippen molar-refractivity contribution < 1.29 is 10.2 Å². The molecule has 2 nitrogen and oxygen atoms in total. The number of hydrogen-bond donors (Lipinski definition) is 2. The van der Waals surface area contributed by atoms with Crippen LogP contribution in [0.15, 0.2) is 42.5 Å². The van der Waals surface area contributed by atoms with Crippen LogP contribution in [0, 0.1) is 0 Å². The van der Waals surface area contributed by atoms with Crippen LogP contribution in [0.2, 0.25) is 0 Å². The minimum absolute atomic E-state index is 0.813. The average Bonchev–Trinajstić information content (AvgIpc) is 2.97. The Morgan fingerprint density at radius 3 is 2.77 bits per heavy atom. The van der Waals surface area contributed by atoms with Gasteiger partial charge < -0.3 is 10.2 Å². The molecule has 22 heavy (non-hydrogen) atoms. The van der Waals surface area contributed by atoms with Crippen molar-refractivity contribution in [2.24, 2.45) is 0 Å². The zero-order valence-corrected chi connectivity index (χ0v) is 12.1. The van der Waals surface area contributed by atoms with Crippen molar-refractivity contribution in [3.05, 3.63) is 64.7 Å². The fourth-order valence-corrected chi connectivity index (χ4v) is 4.13. The van der Waals surface area contributed by atoms with Crippen LogP contribution < -0.4 is 0 Å². The molecular formula is C20H16O2. The molecule has 0 aliphatic heterocycles. The van der Waals surface area contributed by atoms with Crippen LogP contribution in [0.3, 0.4) is 0 Å². The van der Waals surface area contributed by atoms with E-state index in [2.05, 4.69) is 30.3 Å². The van der Waals surface area contributed by atoms with Crippen molar-refractivity contribution in [1.82, 2.24) is 0 Å². The molecule has 0 heterocycles. The highest BCUT2D eigenvalue weighted by Gasteiger charge is 2.25. The second-order valence-electron chi connectivity index (χ2n) is 6.33. The quantitative estimate of drug-likeness (QED) is 0.621. The fraction of sp³-hybridized carbons (Fsp3) is 0.200. The molecule has 2 aliphatic rings. The zero-order chi connectivity index (χ0) is 14.8. The Balaban J connectivity index is 1.95. The van der Waals surface area contributed by atoms with Gasteiger partial charge >= 0.3 is 0 Å². The molecule has 108 valence electrons. The molecule has 2 aliphatic carbocycles. The summed E-state index contributed by atoms with van der Waals surface area (Å²) in [5.74, 6) is 0. The molecule has 2 N–H and O–H groups in total. The fourth-order valence-electron chi connectivity index (χ4n) is 4.13. The van der Waals surface area contributed by atoms with Gasteiger partial charge in [0.2, 0.25) is 0 Å². The van der Waals surface area contributed by atoms with E-state index in [4.69, 9.17) is 0 Å². The van der Waals surface area contributed by atoms with Gasteiger partial charge in [0.1, 0.15) is 12.2 Å². The zero-order valence-electron chi connectivity index (χ0n) is 12.1. The van der Waals surface area contributed by atoms with Crippen LogP contribution in [-0.4, -0.2) is 16.3 Å². The predicted octanol–water partition coefficient (Wildman–Crippen LogP) is 3.51. The summed E-state index contributed by atoms with van der Waals surface area (Å²) in [5.41, 5.74) is 4.74. The molecule has 5 rings (SSSR count). The third-order valence-corrected chi connectivity index (χ3v) is 5.18. The summed E-state index contributed by atoms with van der Waals surface area (Å²) in [4.78, 5) is 0. The first-order valence-corrected chi connectivity index (χ1v) is 7.78. The number of aliphatic hydroxyl groups is 2. The number of aliphatic hydroxyl groups excluding tert-OH is 2. The molecular weight excluding hydrogens is 272 g/mol. The lowest BCUT2D eigenvalue weighted by molar-refractivity contribution is 0.0471. The first kappa shape index (κ1) is 12.4. The van der Waals surface area contributed by atoms with E-state index in [-0.39, 0.29) is 0 Å². The normalized spacial score (nSPS) is 22.5. The van der Waals surface area contributed by atoms with Gasteiger partial charge in [-0.2, -0.15) is 0 Å². The first-order valence-electron chi connectivity index (χ1n) is 7.78. The molecule has 3 aromatic rings. The molecule has 2 atom stereocenters. The smallest absolute Gasteiger partial charge is 0.109 e. The monoisotopic (exact) mass is 288 g/mol. The third kappa shape index (κ3) is 1.46. The Morgan fingerprint density at radius 1 is 0.955 bits per heavy atom. The molecule has 0 unspecified atom stereocenters. The van der Waals surface area contributed by atoms with Gasteiger partial charge in [-0.3, -0.25) is 0 Å². The Labute approximate surface area is 128 Å². The van der Waals surface area contributed by atoms with Crippen LogP contribution in [0.5, 0.6) is 0 Å². The standard InChI is InChI=1S/C20H16O2/c21-18-9-8-14-16(20(18)22)7-6-13-15-5-4-11-2-1-3-12(19(11)15)10-17(13)14/h1-3,6-10,18,20-22H,4-5H2/t18-,20-/m1/s1. The Hall–Kier alpha value is -2.16. The van der Waals surface area contributed by atoms with Crippen molar-refractivity contribution >= 4 is 27.6 Å². The van der Waals surface area contributed by atoms with E-state index in [1.165, 1.54) is 32.7 Å². The second-order valence-corrected chi connectivity index (χ2v) is 6.33. The van der Waals surface area contributed by atoms with Crippen molar-refractivity contribution in [3.8, 4) is 0 Å². The summed E-state index contributed by atoms with van der Waals surface area (Å²) in [7, 11) is 0. The molecule has 0 saturated carbocycles. The molecule has 0 aromatic heterocycles. The van der Waals surface area contributed by atoms with E-state index in [1.54, 1.807) is 6.08 Å². The minimum Gasteiger partial charge on any atom is -0.386 e. The average molecular weight is 288 g/mol. The van der Waals surface area contributed by atoms with Gasteiger partial charge in [-0.25, -0.2) is 0 Å². The molecule has 0 radical (unpaired) electrons. The second kappa shape index (κ2) is 4.19. The maximum Gasteiger partial charge on any atom is 0.109 e. The highest BCUT2D eigenvalue weighted by atomic mass is 16.3. The van der Waals surface area contributed by atoms with E-state index in [1.807, 2.05) is 12.1 Å². The SMILES string of the molecule is O[C@@H]1C=Cc2c(ccc3c4c5c(cccc5cc23)CC4)[C@H]1O. The van der Waals surface area contributed by atoms with Gasteiger partial charge in [0, 0.05) is 0 Å². The third-order valence-electron chi connectivity index (χ3n) is 5.18. The summed E-state index contributed by atoms with van der Waals surface area (Å²) in [6.45, 7) is 0. The Bertz CT molecular complexity index is 969. The van der Waals surface area contributed by atoms with Gasteiger partial charge in [0.05, 0.1) is 0 Å². The lowest BCUT2D eigenvalue weighted by Gasteiger charge is -2.23. The lowest BCUT2D eigenvalue weighted by Crippen LogP contribution is -2.19. The molecule has 0 saturated heterocycles. The topological polar surface area (TPSA) is 40.5 Å². The van der Waals surface area contributed by atoms with Crippen molar-refractivity contribution in [3.63, 3.8) is 0 Å². The van der Waals surface area contributed by atoms with Crippen LogP contribution in [0.1, 0.15) is 28.4 Å². The van der Waals surface area contributed by atoms with E-state index >= 15 is 0 Å². The highest BCUT2D eigenvalue weighted by molar-refractivity contribution is 6.08. The van der Waals surface area contributed by atoms with Crippen molar-refractivity contribution in [1.29, 1.82) is 0 Å². The molecule has 0 spiro atoms. The van der Waals surface area contributed by atoms with Crippen molar-refractivity contribution in [2.45, 2.75) is 25.0 Å². The molecule has 0 amide bonds. The number of aryl methyl sites for hydroxylation is 2. The summed E-state index contributed by atoms with van der Waals surface area (Å²) in [6.07, 6.45) is 4.19. The van der Waals surface area contributed by atoms with Crippen LogP contribution >= 0.6 is 0 Å². The molecule has 0 bridgehead atoms. The van der Waals surface area contributed by atoms with Gasteiger partial charge in [0.25, 0.3) is 0 Å². The van der Waals surface area contributed by atoms with Crippen LogP contribution in [0.4, 0.5) is 0 Å². The van der Waals surface area contributed by atoms with E-state index in [0.717, 1.165) is 24.0 Å².